The van der Waals surface area contributed by atoms with Crippen LogP contribution in [0, 0.1) is 0 Å². The first-order valence-corrected chi connectivity index (χ1v) is 13.6. The van der Waals surface area contributed by atoms with Crippen molar-refractivity contribution in [3.8, 4) is 11.3 Å². The second-order valence-electron chi connectivity index (χ2n) is 13.4. The average Bonchev–Trinajstić information content (AvgIpc) is 3.40. The largest absolute Gasteiger partial charge is 0.512 e. The lowest BCUT2D eigenvalue weighted by molar-refractivity contribution is 0.00578. The van der Waals surface area contributed by atoms with E-state index in [0.717, 1.165) is 37.7 Å². The molecule has 2 aromatic heterocycles. The Morgan fingerprint density at radius 3 is 1.78 bits per heavy atom. The van der Waals surface area contributed by atoms with Gasteiger partial charge in [-0.2, -0.15) is 0 Å². The number of hydrogen-bond acceptors (Lipinski definition) is 2. The summed E-state index contributed by atoms with van der Waals surface area (Å²) < 4.78 is 13.8. The maximum atomic E-state index is 6.36. The number of benzene rings is 2. The Hall–Kier alpha value is -2.02. The maximum Gasteiger partial charge on any atom is 0.512 e. The van der Waals surface area contributed by atoms with Gasteiger partial charge in [-0.15, -0.1) is 0 Å². The van der Waals surface area contributed by atoms with Gasteiger partial charge < -0.3 is 19.3 Å². The molecule has 0 saturated carbocycles. The van der Waals surface area contributed by atoms with E-state index < -0.39 is 7.12 Å². The summed E-state index contributed by atoms with van der Waals surface area (Å²) in [6, 6.07) is 13.6. The second-order valence-corrected chi connectivity index (χ2v) is 14.3. The Morgan fingerprint density at radius 2 is 1.22 bits per heavy atom. The molecule has 1 aliphatic heterocycles. The van der Waals surface area contributed by atoms with Crippen LogP contribution in [0.4, 0.5) is 0 Å². The average molecular weight is 549 g/mol. The predicted molar refractivity (Wildman–Crippen MR) is 156 cm³/mol. The van der Waals surface area contributed by atoms with Crippen LogP contribution in [0.15, 0.2) is 40.9 Å². The number of H-pyrrole nitrogens is 2. The van der Waals surface area contributed by atoms with E-state index in [1.54, 1.807) is 0 Å². The molecule has 3 heterocycles. The van der Waals surface area contributed by atoms with Gasteiger partial charge in [-0.1, -0.05) is 41.5 Å². The Kier molecular flexibility index (Phi) is 5.69. The Labute approximate surface area is 223 Å². The van der Waals surface area contributed by atoms with Crippen molar-refractivity contribution in [3.63, 3.8) is 0 Å². The first-order valence-electron chi connectivity index (χ1n) is 12.8. The van der Waals surface area contributed by atoms with E-state index in [4.69, 9.17) is 9.31 Å². The first kappa shape index (κ1) is 25.6. The van der Waals surface area contributed by atoms with E-state index in [1.165, 1.54) is 16.5 Å². The zero-order valence-electron chi connectivity index (χ0n) is 23.2. The summed E-state index contributed by atoms with van der Waals surface area (Å²) in [5, 5.41) is 2.37. The fourth-order valence-corrected chi connectivity index (χ4v) is 5.36. The van der Waals surface area contributed by atoms with Gasteiger partial charge in [-0.3, -0.25) is 0 Å². The summed E-state index contributed by atoms with van der Waals surface area (Å²) in [5.74, 6) is 0. The Balaban J connectivity index is 1.70. The molecular weight excluding hydrogens is 511 g/mol. The van der Waals surface area contributed by atoms with E-state index in [1.807, 2.05) is 0 Å². The summed E-state index contributed by atoms with van der Waals surface area (Å²) in [7, 11) is -0.431. The minimum absolute atomic E-state index is 0.0106. The molecular formula is C30H38BBrN2O2. The number of halogens is 1. The van der Waals surface area contributed by atoms with Gasteiger partial charge in [0, 0.05) is 26.7 Å². The minimum Gasteiger partial charge on any atom is -0.398 e. The SMILES string of the molecule is CC(C)(C)c1cc(Br)c2[nH]c(-c3cc(C(C)(C)C)cc4cc(B5OC(C)(C)C(C)(C)O5)[nH]c34)cc2c1. The molecule has 1 aliphatic rings. The first-order chi connectivity index (χ1) is 16.5. The third kappa shape index (κ3) is 4.25. The van der Waals surface area contributed by atoms with Crippen molar-refractivity contribution >= 4 is 50.4 Å². The van der Waals surface area contributed by atoms with E-state index in [9.17, 15) is 0 Å². The van der Waals surface area contributed by atoms with Gasteiger partial charge in [0.05, 0.1) is 22.2 Å². The van der Waals surface area contributed by atoms with E-state index in [-0.39, 0.29) is 22.0 Å². The van der Waals surface area contributed by atoms with Crippen molar-refractivity contribution in [1.82, 2.24) is 9.97 Å². The number of aromatic nitrogens is 2. The normalized spacial score (nSPS) is 18.0. The molecule has 0 amide bonds. The molecule has 0 radical (unpaired) electrons. The van der Waals surface area contributed by atoms with Crippen LogP contribution in [0.3, 0.4) is 0 Å². The Morgan fingerprint density at radius 1 is 0.694 bits per heavy atom. The van der Waals surface area contributed by atoms with Crippen LogP contribution >= 0.6 is 15.9 Å². The van der Waals surface area contributed by atoms with Crippen molar-refractivity contribution in [2.45, 2.75) is 91.3 Å². The fourth-order valence-electron chi connectivity index (χ4n) is 4.79. The highest BCUT2D eigenvalue weighted by molar-refractivity contribution is 9.10. The smallest absolute Gasteiger partial charge is 0.398 e. The third-order valence-electron chi connectivity index (χ3n) is 7.96. The fraction of sp³-hybridized carbons (Fsp3) is 0.467. The van der Waals surface area contributed by atoms with E-state index in [0.29, 0.717) is 0 Å². The Bertz CT molecular complexity index is 1460. The van der Waals surface area contributed by atoms with Crippen LogP contribution < -0.4 is 5.59 Å². The summed E-state index contributed by atoms with van der Waals surface area (Å²) >= 11 is 3.82. The molecule has 0 spiro atoms. The molecule has 6 heteroatoms. The summed E-state index contributed by atoms with van der Waals surface area (Å²) in [5.41, 5.74) is 7.31. The molecule has 4 aromatic rings. The highest BCUT2D eigenvalue weighted by Crippen LogP contribution is 2.39. The molecule has 4 nitrogen and oxygen atoms in total. The van der Waals surface area contributed by atoms with Crippen LogP contribution in [0.1, 0.15) is 80.4 Å². The molecule has 1 fully saturated rings. The van der Waals surface area contributed by atoms with Gasteiger partial charge in [-0.25, -0.2) is 0 Å². The number of nitrogens with one attached hydrogen (secondary N) is 2. The maximum absolute atomic E-state index is 6.36. The molecule has 0 bridgehead atoms. The lowest BCUT2D eigenvalue weighted by atomic mass is 9.83. The van der Waals surface area contributed by atoms with Gasteiger partial charge in [-0.05, 0) is 107 Å². The highest BCUT2D eigenvalue weighted by atomic mass is 79.9. The molecule has 2 N–H and O–H groups in total. The summed E-state index contributed by atoms with van der Waals surface area (Å²) in [4.78, 5) is 7.38. The molecule has 190 valence electrons. The zero-order valence-corrected chi connectivity index (χ0v) is 24.8. The molecule has 36 heavy (non-hydrogen) atoms. The van der Waals surface area contributed by atoms with Crippen molar-refractivity contribution in [2.24, 2.45) is 0 Å². The van der Waals surface area contributed by atoms with E-state index >= 15 is 0 Å². The predicted octanol–water partition coefficient (Wildman–Crippen LogP) is 7.97. The summed E-state index contributed by atoms with van der Waals surface area (Å²) in [6.07, 6.45) is 0. The lowest BCUT2D eigenvalue weighted by Gasteiger charge is -2.32. The van der Waals surface area contributed by atoms with Crippen molar-refractivity contribution in [1.29, 1.82) is 0 Å². The number of rotatable bonds is 2. The van der Waals surface area contributed by atoms with Gasteiger partial charge >= 0.3 is 7.12 Å². The van der Waals surface area contributed by atoms with E-state index in [2.05, 4.69) is 132 Å². The van der Waals surface area contributed by atoms with Crippen LogP contribution in [0.2, 0.25) is 0 Å². The highest BCUT2D eigenvalue weighted by Gasteiger charge is 2.52. The second kappa shape index (κ2) is 7.99. The van der Waals surface area contributed by atoms with Gasteiger partial charge in [0.1, 0.15) is 0 Å². The lowest BCUT2D eigenvalue weighted by Crippen LogP contribution is -2.41. The third-order valence-corrected chi connectivity index (χ3v) is 8.58. The number of hydrogen-bond donors (Lipinski definition) is 2. The topological polar surface area (TPSA) is 50.0 Å². The molecule has 0 aliphatic carbocycles. The molecule has 0 atom stereocenters. The monoisotopic (exact) mass is 548 g/mol. The van der Waals surface area contributed by atoms with Gasteiger partial charge in [0.25, 0.3) is 0 Å². The standard InChI is InChI=1S/C30H38BBrN2O2/c1-27(2,3)19-12-18-14-24(31-35-29(7,8)30(9,10)36-31)34-25(18)21(15-19)23-13-17-11-20(28(4,5)6)16-22(32)26(17)33-23/h11-16,33-34H,1-10H3. The quantitative estimate of drug-likeness (QED) is 0.249. The summed E-state index contributed by atoms with van der Waals surface area (Å²) in [6.45, 7) is 21.9. The minimum atomic E-state index is -0.431. The van der Waals surface area contributed by atoms with Crippen LogP contribution in [0.5, 0.6) is 0 Å². The molecule has 0 unspecified atom stereocenters. The van der Waals surface area contributed by atoms with Crippen LogP contribution in [-0.2, 0) is 20.1 Å². The van der Waals surface area contributed by atoms with Crippen molar-refractivity contribution in [3.05, 3.63) is 52.0 Å². The number of aromatic amines is 2. The van der Waals surface area contributed by atoms with Crippen LogP contribution in [-0.4, -0.2) is 28.3 Å². The molecule has 5 rings (SSSR count). The zero-order chi connectivity index (χ0) is 26.4. The van der Waals surface area contributed by atoms with Gasteiger partial charge in [0.2, 0.25) is 0 Å². The molecule has 2 aromatic carbocycles. The number of fused-ring (bicyclic) bond motifs is 2. The van der Waals surface area contributed by atoms with Crippen molar-refractivity contribution in [2.75, 3.05) is 0 Å². The van der Waals surface area contributed by atoms with Gasteiger partial charge in [0.15, 0.2) is 0 Å². The van der Waals surface area contributed by atoms with Crippen LogP contribution in [0.25, 0.3) is 33.1 Å². The molecule has 1 saturated heterocycles. The van der Waals surface area contributed by atoms with Crippen molar-refractivity contribution < 1.29 is 9.31 Å².